The fourth-order valence-electron chi connectivity index (χ4n) is 5.23. The Balaban J connectivity index is 1.53. The van der Waals surface area contributed by atoms with Gasteiger partial charge in [0.2, 0.25) is 5.91 Å². The van der Waals surface area contributed by atoms with Crippen molar-refractivity contribution in [2.75, 3.05) is 18.5 Å². The van der Waals surface area contributed by atoms with Gasteiger partial charge in [0.15, 0.2) is 0 Å². The van der Waals surface area contributed by atoms with Gasteiger partial charge >= 0.3 is 6.03 Å². The van der Waals surface area contributed by atoms with Gasteiger partial charge in [0.25, 0.3) is 0 Å². The molecule has 0 aliphatic carbocycles. The number of urea groups is 1. The number of fused-ring (bicyclic) bond motifs is 1. The molecule has 1 aliphatic rings. The number of anilines is 1. The van der Waals surface area contributed by atoms with Gasteiger partial charge in [0.1, 0.15) is 11.4 Å². The summed E-state index contributed by atoms with van der Waals surface area (Å²) in [6, 6.07) is 23.1. The van der Waals surface area contributed by atoms with Crippen molar-refractivity contribution < 1.29 is 14.3 Å². The van der Waals surface area contributed by atoms with Crippen molar-refractivity contribution in [1.82, 2.24) is 14.7 Å². The molecule has 1 aliphatic heterocycles. The fraction of sp³-hybridized carbons (Fsp3) is 0.303. The van der Waals surface area contributed by atoms with Crippen molar-refractivity contribution in [2.24, 2.45) is 11.7 Å². The highest BCUT2D eigenvalue weighted by molar-refractivity contribution is 5.88. The second-order valence-electron chi connectivity index (χ2n) is 10.9. The molecule has 3 amide bonds. The zero-order valence-electron chi connectivity index (χ0n) is 23.9. The van der Waals surface area contributed by atoms with Crippen LogP contribution in [0.2, 0.25) is 0 Å². The zero-order chi connectivity index (χ0) is 28.9. The van der Waals surface area contributed by atoms with E-state index in [1.54, 1.807) is 0 Å². The molecule has 2 heterocycles. The summed E-state index contributed by atoms with van der Waals surface area (Å²) >= 11 is 0. The lowest BCUT2D eigenvalue weighted by molar-refractivity contribution is -0.132. The van der Waals surface area contributed by atoms with Crippen LogP contribution in [0.15, 0.2) is 72.8 Å². The molecule has 8 nitrogen and oxygen atoms in total. The van der Waals surface area contributed by atoms with Crippen LogP contribution in [-0.2, 0) is 24.2 Å². The number of nitrogens with two attached hydrogens (primary N) is 1. The summed E-state index contributed by atoms with van der Waals surface area (Å²) in [7, 11) is 0. The van der Waals surface area contributed by atoms with Gasteiger partial charge < -0.3 is 20.7 Å². The molecule has 0 fully saturated rings. The maximum atomic E-state index is 13.3. The molecule has 0 radical (unpaired) electrons. The topological polar surface area (TPSA) is 102 Å². The predicted octanol–water partition coefficient (Wildman–Crippen LogP) is 5.89. The smallest absolute Gasteiger partial charge is 0.316 e. The summed E-state index contributed by atoms with van der Waals surface area (Å²) in [5.74, 6) is 1.27. The highest BCUT2D eigenvalue weighted by atomic mass is 16.5. The molecular formula is C33H37N5O3. The molecule has 3 N–H and O–H groups in total. The van der Waals surface area contributed by atoms with E-state index in [1.165, 1.54) is 0 Å². The lowest BCUT2D eigenvalue weighted by Gasteiger charge is -2.27. The molecule has 0 saturated heterocycles. The van der Waals surface area contributed by atoms with E-state index in [0.717, 1.165) is 45.1 Å². The van der Waals surface area contributed by atoms with Crippen LogP contribution in [0, 0.1) is 12.8 Å². The number of aryl methyl sites for hydroxylation is 2. The van der Waals surface area contributed by atoms with Gasteiger partial charge in [0, 0.05) is 42.7 Å². The number of hydrogen-bond donors (Lipinski definition) is 2. The number of aromatic nitrogens is 2. The highest BCUT2D eigenvalue weighted by Crippen LogP contribution is 2.37. The molecule has 0 saturated carbocycles. The molecule has 1 aromatic heterocycles. The number of hydrogen-bond acceptors (Lipinski definition) is 4. The quantitative estimate of drug-likeness (QED) is 0.271. The number of nitrogens with one attached hydrogen (secondary N) is 1. The first-order chi connectivity index (χ1) is 19.8. The Hall–Kier alpha value is -4.59. The Kier molecular flexibility index (Phi) is 8.38. The van der Waals surface area contributed by atoms with Gasteiger partial charge in [-0.3, -0.25) is 4.79 Å². The van der Waals surface area contributed by atoms with Crippen molar-refractivity contribution in [3.05, 3.63) is 95.2 Å². The van der Waals surface area contributed by atoms with Crippen LogP contribution in [0.3, 0.4) is 0 Å². The molecule has 0 unspecified atom stereocenters. The fourth-order valence-corrected chi connectivity index (χ4v) is 5.23. The predicted molar refractivity (Wildman–Crippen MR) is 161 cm³/mol. The van der Waals surface area contributed by atoms with E-state index < -0.39 is 6.03 Å². The van der Waals surface area contributed by atoms with Crippen LogP contribution in [0.5, 0.6) is 5.75 Å². The van der Waals surface area contributed by atoms with Gasteiger partial charge in [0.05, 0.1) is 18.0 Å². The van der Waals surface area contributed by atoms with Crippen molar-refractivity contribution in [3.63, 3.8) is 0 Å². The van der Waals surface area contributed by atoms with Crippen LogP contribution < -0.4 is 15.8 Å². The SMILES string of the molecule is Cc1cccc(OCC(C)C)c1-n1nc2c(c1-c1ccc(NC(N)=O)cc1)CN(C(=O)CCc1ccccc1)CC2. The number of carbonyl (C=O) groups excluding carboxylic acids is 2. The van der Waals surface area contributed by atoms with Crippen LogP contribution in [0.25, 0.3) is 16.9 Å². The maximum absolute atomic E-state index is 13.3. The summed E-state index contributed by atoms with van der Waals surface area (Å²) < 4.78 is 8.24. The molecule has 0 atom stereocenters. The standard InChI is InChI=1S/C33H37N5O3/c1-22(2)21-41-29-11-7-8-23(3)31(29)38-32(25-13-15-26(16-14-25)35-33(34)40)27-20-37(19-18-28(27)36-38)30(39)17-12-24-9-5-4-6-10-24/h4-11,13-16,22H,12,17-21H2,1-3H3,(H3,34,35,40). The van der Waals surface area contributed by atoms with Crippen LogP contribution in [0.1, 0.15) is 42.7 Å². The van der Waals surface area contributed by atoms with E-state index in [0.29, 0.717) is 50.6 Å². The number of benzene rings is 3. The third kappa shape index (κ3) is 6.43. The van der Waals surface area contributed by atoms with Crippen molar-refractivity contribution in [1.29, 1.82) is 0 Å². The molecule has 4 aromatic rings. The lowest BCUT2D eigenvalue weighted by Crippen LogP contribution is -2.36. The Morgan fingerprint density at radius 3 is 2.49 bits per heavy atom. The molecule has 0 spiro atoms. The second-order valence-corrected chi connectivity index (χ2v) is 10.9. The van der Waals surface area contributed by atoms with Crippen molar-refractivity contribution in [2.45, 2.75) is 46.6 Å². The largest absolute Gasteiger partial charge is 0.491 e. The van der Waals surface area contributed by atoms with Gasteiger partial charge in [-0.15, -0.1) is 0 Å². The van der Waals surface area contributed by atoms with Gasteiger partial charge in [-0.1, -0.05) is 68.4 Å². The summed E-state index contributed by atoms with van der Waals surface area (Å²) in [6.45, 7) is 8.00. The molecular weight excluding hydrogens is 514 g/mol. The number of carbonyl (C=O) groups is 2. The van der Waals surface area contributed by atoms with E-state index in [9.17, 15) is 9.59 Å². The van der Waals surface area contributed by atoms with E-state index in [2.05, 4.69) is 44.3 Å². The van der Waals surface area contributed by atoms with Gasteiger partial charge in [-0.2, -0.15) is 5.10 Å². The number of ether oxygens (including phenoxy) is 1. The Morgan fingerprint density at radius 2 is 1.78 bits per heavy atom. The molecule has 3 aromatic carbocycles. The van der Waals surface area contributed by atoms with Crippen LogP contribution in [0.4, 0.5) is 10.5 Å². The third-order valence-electron chi connectivity index (χ3n) is 7.27. The van der Waals surface area contributed by atoms with Crippen molar-refractivity contribution in [3.8, 4) is 22.7 Å². The minimum Gasteiger partial charge on any atom is -0.491 e. The first kappa shape index (κ1) is 28.0. The summed E-state index contributed by atoms with van der Waals surface area (Å²) in [5, 5.41) is 7.74. The molecule has 212 valence electrons. The molecule has 5 rings (SSSR count). The van der Waals surface area contributed by atoms with Gasteiger partial charge in [-0.05, 0) is 48.6 Å². The lowest BCUT2D eigenvalue weighted by atomic mass is 9.99. The number of nitrogens with zero attached hydrogens (tertiary/aromatic N) is 3. The van der Waals surface area contributed by atoms with Crippen LogP contribution in [-0.4, -0.2) is 39.8 Å². The first-order valence-corrected chi connectivity index (χ1v) is 14.1. The third-order valence-corrected chi connectivity index (χ3v) is 7.27. The average Bonchev–Trinajstić information content (AvgIpc) is 3.33. The van der Waals surface area contributed by atoms with Gasteiger partial charge in [-0.25, -0.2) is 9.48 Å². The summed E-state index contributed by atoms with van der Waals surface area (Å²) in [5.41, 5.74) is 12.8. The summed E-state index contributed by atoms with van der Waals surface area (Å²) in [4.78, 5) is 26.7. The summed E-state index contributed by atoms with van der Waals surface area (Å²) in [6.07, 6.45) is 1.84. The number of amides is 3. The Morgan fingerprint density at radius 1 is 1.02 bits per heavy atom. The van der Waals surface area contributed by atoms with E-state index in [4.69, 9.17) is 15.6 Å². The number of primary amides is 1. The maximum Gasteiger partial charge on any atom is 0.316 e. The normalized spacial score (nSPS) is 12.7. The molecule has 0 bridgehead atoms. The minimum absolute atomic E-state index is 0.135. The monoisotopic (exact) mass is 551 g/mol. The minimum atomic E-state index is -0.614. The van der Waals surface area contributed by atoms with E-state index >= 15 is 0 Å². The van der Waals surface area contributed by atoms with E-state index in [1.807, 2.05) is 64.2 Å². The Labute approximate surface area is 241 Å². The van der Waals surface area contributed by atoms with E-state index in [-0.39, 0.29) is 5.91 Å². The molecule has 41 heavy (non-hydrogen) atoms. The first-order valence-electron chi connectivity index (χ1n) is 14.1. The average molecular weight is 552 g/mol. The number of rotatable bonds is 9. The second kappa shape index (κ2) is 12.3. The highest BCUT2D eigenvalue weighted by Gasteiger charge is 2.29. The zero-order valence-corrected chi connectivity index (χ0v) is 23.9. The number of para-hydroxylation sites is 1. The Bertz CT molecular complexity index is 1530. The van der Waals surface area contributed by atoms with Crippen molar-refractivity contribution >= 4 is 17.6 Å². The molecule has 8 heteroatoms. The van der Waals surface area contributed by atoms with Crippen LogP contribution >= 0.6 is 0 Å².